The molecule has 0 saturated heterocycles. The third-order valence-corrected chi connectivity index (χ3v) is 4.16. The van der Waals surface area contributed by atoms with E-state index >= 15 is 0 Å². The summed E-state index contributed by atoms with van der Waals surface area (Å²) in [7, 11) is 0. The van der Waals surface area contributed by atoms with Crippen molar-refractivity contribution in [3.63, 3.8) is 0 Å². The lowest BCUT2D eigenvalue weighted by Gasteiger charge is -2.27. The first-order valence-electron chi connectivity index (χ1n) is 7.16. The molecule has 0 N–H and O–H groups in total. The number of benzene rings is 1. The fraction of sp³-hybridized carbons (Fsp3) is 0.562. The Bertz CT molecular complexity index is 493. The maximum absolute atomic E-state index is 13.7. The van der Waals surface area contributed by atoms with E-state index in [1.807, 2.05) is 17.0 Å². The molecule has 2 fully saturated rings. The molecular formula is C16H20FNO. The zero-order chi connectivity index (χ0) is 13.6. The first kappa shape index (κ1) is 12.6. The van der Waals surface area contributed by atoms with Crippen LogP contribution in [0.15, 0.2) is 24.3 Å². The Kier molecular flexibility index (Phi) is 3.08. The summed E-state index contributed by atoms with van der Waals surface area (Å²) in [5, 5.41) is 0. The highest BCUT2D eigenvalue weighted by Gasteiger charge is 2.49. The first-order chi connectivity index (χ1) is 9.09. The number of hydrogen-bond donors (Lipinski definition) is 0. The summed E-state index contributed by atoms with van der Waals surface area (Å²) < 4.78 is 13.7. The predicted octanol–water partition coefficient (Wildman–Crippen LogP) is 3.33. The second-order valence-electron chi connectivity index (χ2n) is 6.04. The molecule has 19 heavy (non-hydrogen) atoms. The number of amides is 1. The summed E-state index contributed by atoms with van der Waals surface area (Å²) in [6.07, 6.45) is 3.05. The van der Waals surface area contributed by atoms with Gasteiger partial charge in [-0.1, -0.05) is 18.2 Å². The average Bonchev–Trinajstić information content (AvgIpc) is 3.23. The van der Waals surface area contributed by atoms with E-state index in [0.717, 1.165) is 19.3 Å². The fourth-order valence-corrected chi connectivity index (χ4v) is 2.99. The molecule has 2 saturated carbocycles. The molecule has 1 amide bonds. The minimum atomic E-state index is -0.176. The van der Waals surface area contributed by atoms with Gasteiger partial charge in [-0.15, -0.1) is 0 Å². The lowest BCUT2D eigenvalue weighted by Crippen LogP contribution is -2.40. The molecule has 102 valence electrons. The molecule has 0 heterocycles. The van der Waals surface area contributed by atoms with Crippen molar-refractivity contribution in [3.8, 4) is 0 Å². The summed E-state index contributed by atoms with van der Waals surface area (Å²) >= 11 is 0. The summed E-state index contributed by atoms with van der Waals surface area (Å²) in [6, 6.07) is 7.53. The van der Waals surface area contributed by atoms with Gasteiger partial charge in [0.15, 0.2) is 0 Å². The van der Waals surface area contributed by atoms with Crippen molar-refractivity contribution in [1.82, 2.24) is 4.90 Å². The Labute approximate surface area is 113 Å². The molecular weight excluding hydrogens is 241 g/mol. The Hall–Kier alpha value is -1.38. The van der Waals surface area contributed by atoms with Crippen LogP contribution in [0.4, 0.5) is 4.39 Å². The summed E-state index contributed by atoms with van der Waals surface area (Å²) in [6.45, 7) is 4.13. The van der Waals surface area contributed by atoms with E-state index in [9.17, 15) is 9.18 Å². The number of carbonyl (C=O) groups excluding carboxylic acids is 1. The number of carbonyl (C=O) groups is 1. The maximum atomic E-state index is 13.7. The highest BCUT2D eigenvalue weighted by molar-refractivity contribution is 5.83. The van der Waals surface area contributed by atoms with Gasteiger partial charge in [0.05, 0.1) is 0 Å². The smallest absolute Gasteiger partial charge is 0.226 e. The van der Waals surface area contributed by atoms with Gasteiger partial charge in [-0.3, -0.25) is 4.79 Å². The SMILES string of the molecule is CC(C)N(C(=O)C1CC1c1ccccc1F)C1CC1. The molecule has 3 heteroatoms. The van der Waals surface area contributed by atoms with E-state index in [2.05, 4.69) is 13.8 Å². The molecule has 0 aromatic heterocycles. The van der Waals surface area contributed by atoms with Crippen LogP contribution in [0, 0.1) is 11.7 Å². The van der Waals surface area contributed by atoms with Crippen LogP contribution >= 0.6 is 0 Å². The van der Waals surface area contributed by atoms with E-state index in [0.29, 0.717) is 11.6 Å². The van der Waals surface area contributed by atoms with Crippen LogP contribution in [0.5, 0.6) is 0 Å². The van der Waals surface area contributed by atoms with Crippen LogP contribution < -0.4 is 0 Å². The van der Waals surface area contributed by atoms with Gasteiger partial charge in [-0.05, 0) is 50.7 Å². The Morgan fingerprint density at radius 2 is 2.00 bits per heavy atom. The highest BCUT2D eigenvalue weighted by atomic mass is 19.1. The molecule has 2 nitrogen and oxygen atoms in total. The van der Waals surface area contributed by atoms with Gasteiger partial charge >= 0.3 is 0 Å². The van der Waals surface area contributed by atoms with Crippen molar-refractivity contribution < 1.29 is 9.18 Å². The molecule has 2 aliphatic rings. The van der Waals surface area contributed by atoms with Gasteiger partial charge < -0.3 is 4.90 Å². The zero-order valence-electron chi connectivity index (χ0n) is 11.5. The lowest BCUT2D eigenvalue weighted by atomic mass is 10.1. The Balaban J connectivity index is 1.72. The van der Waals surface area contributed by atoms with Crippen LogP contribution in [0.3, 0.4) is 0 Å². The van der Waals surface area contributed by atoms with E-state index in [1.165, 1.54) is 6.07 Å². The highest BCUT2D eigenvalue weighted by Crippen LogP contribution is 2.50. The molecule has 3 rings (SSSR count). The monoisotopic (exact) mass is 261 g/mol. The van der Waals surface area contributed by atoms with Crippen molar-refractivity contribution in [3.05, 3.63) is 35.6 Å². The standard InChI is InChI=1S/C16H20FNO/c1-10(2)18(11-7-8-11)16(19)14-9-13(14)12-5-3-4-6-15(12)17/h3-6,10-11,13-14H,7-9H2,1-2H3. The minimum Gasteiger partial charge on any atom is -0.337 e. The van der Waals surface area contributed by atoms with Gasteiger partial charge in [-0.25, -0.2) is 4.39 Å². The van der Waals surface area contributed by atoms with Crippen LogP contribution in [0.2, 0.25) is 0 Å². The lowest BCUT2D eigenvalue weighted by molar-refractivity contribution is -0.135. The topological polar surface area (TPSA) is 20.3 Å². The van der Waals surface area contributed by atoms with Crippen molar-refractivity contribution in [1.29, 1.82) is 0 Å². The second kappa shape index (κ2) is 4.62. The molecule has 1 aromatic carbocycles. The normalized spacial score (nSPS) is 25.5. The molecule has 0 spiro atoms. The largest absolute Gasteiger partial charge is 0.337 e. The maximum Gasteiger partial charge on any atom is 0.226 e. The van der Waals surface area contributed by atoms with Crippen LogP contribution in [-0.4, -0.2) is 22.9 Å². The van der Waals surface area contributed by atoms with Crippen LogP contribution in [-0.2, 0) is 4.79 Å². The fourth-order valence-electron chi connectivity index (χ4n) is 2.99. The third-order valence-electron chi connectivity index (χ3n) is 4.16. The quantitative estimate of drug-likeness (QED) is 0.814. The summed E-state index contributed by atoms with van der Waals surface area (Å²) in [5.41, 5.74) is 0.709. The molecule has 0 radical (unpaired) electrons. The summed E-state index contributed by atoms with van der Waals surface area (Å²) in [5.74, 6) is 0.143. The molecule has 2 unspecified atom stereocenters. The molecule has 0 bridgehead atoms. The Morgan fingerprint density at radius 3 is 2.58 bits per heavy atom. The molecule has 0 aliphatic heterocycles. The van der Waals surface area contributed by atoms with E-state index in [-0.39, 0.29) is 29.6 Å². The minimum absolute atomic E-state index is 0.0000926. The zero-order valence-corrected chi connectivity index (χ0v) is 11.5. The molecule has 1 aromatic rings. The van der Waals surface area contributed by atoms with Crippen molar-refractivity contribution in [2.45, 2.75) is 51.1 Å². The molecule has 2 atom stereocenters. The van der Waals surface area contributed by atoms with E-state index in [1.54, 1.807) is 6.07 Å². The van der Waals surface area contributed by atoms with Gasteiger partial charge in [0, 0.05) is 18.0 Å². The van der Waals surface area contributed by atoms with E-state index in [4.69, 9.17) is 0 Å². The second-order valence-corrected chi connectivity index (χ2v) is 6.04. The third kappa shape index (κ3) is 2.38. The van der Waals surface area contributed by atoms with E-state index < -0.39 is 0 Å². The van der Waals surface area contributed by atoms with Crippen LogP contribution in [0.25, 0.3) is 0 Å². The van der Waals surface area contributed by atoms with Gasteiger partial charge in [-0.2, -0.15) is 0 Å². The van der Waals surface area contributed by atoms with Crippen molar-refractivity contribution in [2.75, 3.05) is 0 Å². The summed E-state index contributed by atoms with van der Waals surface area (Å²) in [4.78, 5) is 14.5. The number of halogens is 1. The van der Waals surface area contributed by atoms with Crippen LogP contribution in [0.1, 0.15) is 44.6 Å². The van der Waals surface area contributed by atoms with Crippen molar-refractivity contribution >= 4 is 5.91 Å². The number of rotatable bonds is 4. The van der Waals surface area contributed by atoms with Gasteiger partial charge in [0.1, 0.15) is 5.82 Å². The van der Waals surface area contributed by atoms with Gasteiger partial charge in [0.2, 0.25) is 5.91 Å². The first-order valence-corrected chi connectivity index (χ1v) is 7.16. The average molecular weight is 261 g/mol. The van der Waals surface area contributed by atoms with Gasteiger partial charge in [0.25, 0.3) is 0 Å². The Morgan fingerprint density at radius 1 is 1.32 bits per heavy atom. The van der Waals surface area contributed by atoms with Crippen molar-refractivity contribution in [2.24, 2.45) is 5.92 Å². The number of hydrogen-bond acceptors (Lipinski definition) is 1. The predicted molar refractivity (Wildman–Crippen MR) is 72.3 cm³/mol. The number of nitrogens with zero attached hydrogens (tertiary/aromatic N) is 1. The molecule has 2 aliphatic carbocycles.